The number of amides is 1. The molecule has 3 aromatic rings. The van der Waals surface area contributed by atoms with E-state index in [0.717, 1.165) is 23.6 Å². The Kier molecular flexibility index (Phi) is 7.06. The van der Waals surface area contributed by atoms with Gasteiger partial charge in [-0.2, -0.15) is 23.3 Å². The zero-order valence-electron chi connectivity index (χ0n) is 19.7. The standard InChI is InChI=1S/C25H23ClF3N5O2S/c1-32-6-7-33(19(13-32)14-35)24-31-23(36)22(37-24)9-15-2-5-21-17(8-15)11-30-34(21)12-16-3-4-18(26)10-20(16)25(27,28)29/h2-5,8-11,19,35H,6-7,12-14H2,1H3/b22-9-/t19-/m1/s1. The van der Waals surface area contributed by atoms with Gasteiger partial charge in [-0.15, -0.1) is 0 Å². The first-order chi connectivity index (χ1) is 17.6. The highest BCUT2D eigenvalue weighted by atomic mass is 35.5. The van der Waals surface area contributed by atoms with Gasteiger partial charge < -0.3 is 14.9 Å². The van der Waals surface area contributed by atoms with Gasteiger partial charge in [0.15, 0.2) is 5.17 Å². The number of hydrogen-bond acceptors (Lipinski definition) is 6. The number of aromatic nitrogens is 2. The van der Waals surface area contributed by atoms with Gasteiger partial charge in [0.25, 0.3) is 5.91 Å². The Morgan fingerprint density at radius 2 is 2.03 bits per heavy atom. The summed E-state index contributed by atoms with van der Waals surface area (Å²) in [5.74, 6) is -0.339. The monoisotopic (exact) mass is 549 g/mol. The van der Waals surface area contributed by atoms with Crippen molar-refractivity contribution < 1.29 is 23.1 Å². The summed E-state index contributed by atoms with van der Waals surface area (Å²) in [5, 5.41) is 15.4. The molecule has 1 saturated heterocycles. The minimum Gasteiger partial charge on any atom is -0.394 e. The summed E-state index contributed by atoms with van der Waals surface area (Å²) in [7, 11) is 1.99. The van der Waals surface area contributed by atoms with Crippen LogP contribution in [0, 0.1) is 0 Å². The second-order valence-corrected chi connectivity index (χ2v) is 10.5. The van der Waals surface area contributed by atoms with Gasteiger partial charge in [-0.25, -0.2) is 0 Å². The van der Waals surface area contributed by atoms with Crippen molar-refractivity contribution in [2.45, 2.75) is 18.8 Å². The third-order valence-electron chi connectivity index (χ3n) is 6.41. The summed E-state index contributed by atoms with van der Waals surface area (Å²) in [6.07, 6.45) is -1.20. The Morgan fingerprint density at radius 1 is 1.22 bits per heavy atom. The molecule has 0 spiro atoms. The summed E-state index contributed by atoms with van der Waals surface area (Å²) in [6, 6.07) is 8.97. The van der Waals surface area contributed by atoms with E-state index in [2.05, 4.69) is 15.0 Å². The van der Waals surface area contributed by atoms with Crippen LogP contribution in [0.3, 0.4) is 0 Å². The summed E-state index contributed by atoms with van der Waals surface area (Å²) >= 11 is 7.07. The minimum atomic E-state index is -4.53. The molecular weight excluding hydrogens is 527 g/mol. The van der Waals surface area contributed by atoms with Crippen molar-refractivity contribution in [2.75, 3.05) is 33.3 Å². The van der Waals surface area contributed by atoms with Gasteiger partial charge in [-0.05, 0) is 60.3 Å². The molecule has 1 aromatic heterocycles. The molecule has 2 aliphatic heterocycles. The molecule has 7 nitrogen and oxygen atoms in total. The van der Waals surface area contributed by atoms with Gasteiger partial charge in [0, 0.05) is 30.0 Å². The van der Waals surface area contributed by atoms with Gasteiger partial charge in [0.1, 0.15) is 0 Å². The predicted molar refractivity (Wildman–Crippen MR) is 138 cm³/mol. The van der Waals surface area contributed by atoms with E-state index >= 15 is 0 Å². The van der Waals surface area contributed by atoms with Gasteiger partial charge >= 0.3 is 6.18 Å². The number of alkyl halides is 3. The summed E-state index contributed by atoms with van der Waals surface area (Å²) in [5.41, 5.74) is 0.687. The summed E-state index contributed by atoms with van der Waals surface area (Å²) < 4.78 is 42.0. The molecule has 2 aliphatic rings. The number of hydrogen-bond donors (Lipinski definition) is 1. The van der Waals surface area contributed by atoms with Crippen molar-refractivity contribution in [3.8, 4) is 0 Å². The number of nitrogens with zero attached hydrogens (tertiary/aromatic N) is 5. The topological polar surface area (TPSA) is 74.0 Å². The number of rotatable bonds is 4. The van der Waals surface area contributed by atoms with Crippen LogP contribution >= 0.6 is 23.4 Å². The Labute approximate surface area is 220 Å². The lowest BCUT2D eigenvalue weighted by Crippen LogP contribution is -2.54. The molecule has 37 heavy (non-hydrogen) atoms. The van der Waals surface area contributed by atoms with E-state index in [1.807, 2.05) is 18.0 Å². The number of likely N-dealkylation sites (N-methyl/N-ethyl adjacent to an activating group) is 1. The molecule has 5 rings (SSSR count). The highest BCUT2D eigenvalue weighted by Crippen LogP contribution is 2.35. The fourth-order valence-corrected chi connectivity index (χ4v) is 5.71. The largest absolute Gasteiger partial charge is 0.416 e. The molecule has 1 atom stereocenters. The maximum atomic E-state index is 13.5. The maximum absolute atomic E-state index is 13.5. The first-order valence-corrected chi connectivity index (χ1v) is 12.7. The molecule has 1 fully saturated rings. The zero-order valence-corrected chi connectivity index (χ0v) is 21.3. The van der Waals surface area contributed by atoms with Crippen LogP contribution in [0.2, 0.25) is 5.02 Å². The number of halogens is 4. The molecule has 2 aromatic carbocycles. The fourth-order valence-electron chi connectivity index (χ4n) is 4.52. The number of aliphatic imine (C=N–C) groups is 1. The molecule has 0 unspecified atom stereocenters. The third-order valence-corrected chi connectivity index (χ3v) is 7.67. The van der Waals surface area contributed by atoms with E-state index in [-0.39, 0.29) is 35.7 Å². The van der Waals surface area contributed by atoms with Crippen molar-refractivity contribution in [1.29, 1.82) is 0 Å². The van der Waals surface area contributed by atoms with E-state index in [1.165, 1.54) is 28.6 Å². The molecular formula is C25H23ClF3N5O2S. The van der Waals surface area contributed by atoms with Crippen LogP contribution in [-0.4, -0.2) is 75.1 Å². The van der Waals surface area contributed by atoms with Crippen LogP contribution in [0.4, 0.5) is 13.2 Å². The highest BCUT2D eigenvalue weighted by Gasteiger charge is 2.34. The highest BCUT2D eigenvalue weighted by molar-refractivity contribution is 8.18. The zero-order chi connectivity index (χ0) is 26.3. The average molecular weight is 550 g/mol. The molecule has 1 amide bonds. The number of carbonyl (C=O) groups is 1. The van der Waals surface area contributed by atoms with Crippen LogP contribution in [0.1, 0.15) is 16.7 Å². The lowest BCUT2D eigenvalue weighted by atomic mass is 10.1. The smallest absolute Gasteiger partial charge is 0.394 e. The SMILES string of the molecule is CN1CCN(C2=NC(=O)/C(=C/c3ccc4c(cnn4Cc4ccc(Cl)cc4C(F)(F)F)c3)S2)[C@@H](CO)C1. The Morgan fingerprint density at radius 3 is 2.78 bits per heavy atom. The van der Waals surface area contributed by atoms with Gasteiger partial charge in [-0.1, -0.05) is 23.7 Å². The lowest BCUT2D eigenvalue weighted by molar-refractivity contribution is -0.138. The first-order valence-electron chi connectivity index (χ1n) is 11.5. The van der Waals surface area contributed by atoms with Crippen LogP contribution in [-0.2, 0) is 17.5 Å². The van der Waals surface area contributed by atoms with Crippen molar-refractivity contribution in [3.05, 3.63) is 69.2 Å². The van der Waals surface area contributed by atoms with Crippen molar-refractivity contribution >= 4 is 51.4 Å². The van der Waals surface area contributed by atoms with E-state index in [0.29, 0.717) is 28.7 Å². The number of benzene rings is 2. The molecule has 1 N–H and O–H groups in total. The van der Waals surface area contributed by atoms with E-state index in [1.54, 1.807) is 24.4 Å². The maximum Gasteiger partial charge on any atom is 0.416 e. The normalized spacial score (nSPS) is 20.3. The van der Waals surface area contributed by atoms with Crippen LogP contribution in [0.25, 0.3) is 17.0 Å². The molecule has 12 heteroatoms. The summed E-state index contributed by atoms with van der Waals surface area (Å²) in [6.45, 7) is 2.06. The number of carbonyl (C=O) groups excluding carboxylic acids is 1. The third kappa shape index (κ3) is 5.40. The van der Waals surface area contributed by atoms with E-state index in [9.17, 15) is 23.1 Å². The molecule has 0 radical (unpaired) electrons. The second-order valence-electron chi connectivity index (χ2n) is 9.02. The predicted octanol–water partition coefficient (Wildman–Crippen LogP) is 4.34. The van der Waals surface area contributed by atoms with Gasteiger partial charge in [0.2, 0.25) is 0 Å². The Bertz CT molecular complexity index is 1420. The molecule has 3 heterocycles. The quantitative estimate of drug-likeness (QED) is 0.488. The molecule has 0 saturated carbocycles. The van der Waals surface area contributed by atoms with Gasteiger partial charge in [0.05, 0.1) is 41.4 Å². The Hall–Kier alpha value is -2.86. The number of piperazine rings is 1. The van der Waals surface area contributed by atoms with E-state index in [4.69, 9.17) is 11.6 Å². The van der Waals surface area contributed by atoms with Crippen LogP contribution in [0.5, 0.6) is 0 Å². The fraction of sp³-hybridized carbons (Fsp3) is 0.320. The van der Waals surface area contributed by atoms with Crippen molar-refractivity contribution in [1.82, 2.24) is 19.6 Å². The lowest BCUT2D eigenvalue weighted by Gasteiger charge is -2.39. The number of fused-ring (bicyclic) bond motifs is 1. The second kappa shape index (κ2) is 10.1. The van der Waals surface area contributed by atoms with Crippen LogP contribution < -0.4 is 0 Å². The van der Waals surface area contributed by atoms with Gasteiger partial charge in [-0.3, -0.25) is 9.48 Å². The number of aliphatic hydroxyl groups is 1. The molecule has 0 bridgehead atoms. The number of amidine groups is 1. The average Bonchev–Trinajstić information content (AvgIpc) is 3.42. The van der Waals surface area contributed by atoms with E-state index < -0.39 is 11.7 Å². The number of thioether (sulfide) groups is 1. The van der Waals surface area contributed by atoms with Crippen molar-refractivity contribution in [3.63, 3.8) is 0 Å². The minimum absolute atomic E-state index is 0.0186. The Balaban J connectivity index is 1.36. The number of aliphatic hydroxyl groups excluding tert-OH is 1. The van der Waals surface area contributed by atoms with Crippen LogP contribution in [0.15, 0.2) is 52.5 Å². The molecule has 0 aliphatic carbocycles. The molecule has 194 valence electrons. The summed E-state index contributed by atoms with van der Waals surface area (Å²) in [4.78, 5) is 21.4. The first kappa shape index (κ1) is 25.8. The van der Waals surface area contributed by atoms with Crippen molar-refractivity contribution in [2.24, 2.45) is 4.99 Å².